The SMILES string of the molecule is O=c1c2ccccc2nc2sc(CBr)cn12. The van der Waals surface area contributed by atoms with Crippen LogP contribution >= 0.6 is 27.3 Å². The molecule has 0 unspecified atom stereocenters. The Hall–Kier alpha value is -1.20. The van der Waals surface area contributed by atoms with Gasteiger partial charge in [-0.15, -0.1) is 11.3 Å². The fraction of sp³-hybridized carbons (Fsp3) is 0.0909. The Labute approximate surface area is 103 Å². The van der Waals surface area contributed by atoms with Crippen molar-refractivity contribution in [1.82, 2.24) is 9.38 Å². The number of hydrogen-bond acceptors (Lipinski definition) is 3. The third-order valence-electron chi connectivity index (χ3n) is 2.40. The second-order valence-corrected chi connectivity index (χ2v) is 5.07. The topological polar surface area (TPSA) is 34.4 Å². The maximum absolute atomic E-state index is 12.1. The summed E-state index contributed by atoms with van der Waals surface area (Å²) in [5.41, 5.74) is 0.763. The minimum absolute atomic E-state index is 0.00375. The number of nitrogens with zero attached hydrogens (tertiary/aromatic N) is 2. The lowest BCUT2D eigenvalue weighted by molar-refractivity contribution is 1.10. The lowest BCUT2D eigenvalue weighted by atomic mass is 10.2. The highest BCUT2D eigenvalue weighted by atomic mass is 79.9. The number of para-hydroxylation sites is 1. The molecule has 0 spiro atoms. The van der Waals surface area contributed by atoms with Gasteiger partial charge in [0.05, 0.1) is 10.9 Å². The van der Waals surface area contributed by atoms with Crippen molar-refractivity contribution < 1.29 is 0 Å². The molecule has 0 radical (unpaired) electrons. The van der Waals surface area contributed by atoms with E-state index >= 15 is 0 Å². The molecule has 1 aromatic carbocycles. The first-order valence-electron chi connectivity index (χ1n) is 4.75. The van der Waals surface area contributed by atoms with Gasteiger partial charge in [0, 0.05) is 16.4 Å². The van der Waals surface area contributed by atoms with Crippen molar-refractivity contribution in [3.63, 3.8) is 0 Å². The zero-order valence-corrected chi connectivity index (χ0v) is 10.6. The molecular formula is C11H7BrN2OS. The molecular weight excluding hydrogens is 288 g/mol. The number of aromatic nitrogens is 2. The maximum atomic E-state index is 12.1. The summed E-state index contributed by atoms with van der Waals surface area (Å²) in [4.78, 5) is 18.4. The minimum Gasteiger partial charge on any atom is -0.268 e. The summed E-state index contributed by atoms with van der Waals surface area (Å²) in [6.45, 7) is 0. The Morgan fingerprint density at radius 3 is 3.00 bits per heavy atom. The molecule has 0 N–H and O–H groups in total. The Morgan fingerprint density at radius 2 is 2.19 bits per heavy atom. The average molecular weight is 295 g/mol. The summed E-state index contributed by atoms with van der Waals surface area (Å²) in [7, 11) is 0. The van der Waals surface area contributed by atoms with Gasteiger partial charge < -0.3 is 0 Å². The maximum Gasteiger partial charge on any atom is 0.266 e. The number of thiazole rings is 1. The molecule has 0 atom stereocenters. The van der Waals surface area contributed by atoms with Crippen LogP contribution < -0.4 is 5.56 Å². The normalized spacial score (nSPS) is 11.3. The fourth-order valence-corrected chi connectivity index (χ4v) is 2.97. The highest BCUT2D eigenvalue weighted by Gasteiger charge is 2.07. The highest BCUT2D eigenvalue weighted by molar-refractivity contribution is 9.08. The summed E-state index contributed by atoms with van der Waals surface area (Å²) in [6.07, 6.45) is 1.84. The van der Waals surface area contributed by atoms with E-state index in [2.05, 4.69) is 20.9 Å². The molecule has 0 fully saturated rings. The van der Waals surface area contributed by atoms with Crippen molar-refractivity contribution >= 4 is 43.1 Å². The first-order valence-corrected chi connectivity index (χ1v) is 6.69. The van der Waals surface area contributed by atoms with E-state index in [1.165, 1.54) is 11.3 Å². The van der Waals surface area contributed by atoms with Crippen molar-refractivity contribution in [2.75, 3.05) is 0 Å². The van der Waals surface area contributed by atoms with Gasteiger partial charge in [0.2, 0.25) is 0 Å². The van der Waals surface area contributed by atoms with Gasteiger partial charge in [0.15, 0.2) is 4.96 Å². The molecule has 0 aliphatic carbocycles. The molecule has 0 aliphatic rings. The van der Waals surface area contributed by atoms with Crippen molar-refractivity contribution in [1.29, 1.82) is 0 Å². The number of benzene rings is 1. The van der Waals surface area contributed by atoms with Gasteiger partial charge in [-0.1, -0.05) is 28.1 Å². The summed E-state index contributed by atoms with van der Waals surface area (Å²) < 4.78 is 1.61. The van der Waals surface area contributed by atoms with E-state index in [9.17, 15) is 4.79 Å². The van der Waals surface area contributed by atoms with E-state index in [1.807, 2.05) is 30.5 Å². The third kappa shape index (κ3) is 1.39. The van der Waals surface area contributed by atoms with Gasteiger partial charge in [0.1, 0.15) is 0 Å². The van der Waals surface area contributed by atoms with Crippen LogP contribution in [0, 0.1) is 0 Å². The first-order chi connectivity index (χ1) is 7.79. The Kier molecular flexibility index (Phi) is 2.29. The Bertz CT molecular complexity index is 732. The summed E-state index contributed by atoms with van der Waals surface area (Å²) in [5, 5.41) is 1.41. The van der Waals surface area contributed by atoms with Crippen LogP contribution in [-0.2, 0) is 5.33 Å². The van der Waals surface area contributed by atoms with E-state index in [0.717, 1.165) is 20.7 Å². The standard InChI is InChI=1S/C11H7BrN2OS/c12-5-7-6-14-10(15)8-3-1-2-4-9(8)13-11(14)16-7/h1-4,6H,5H2. The van der Waals surface area contributed by atoms with Gasteiger partial charge in [-0.05, 0) is 12.1 Å². The lowest BCUT2D eigenvalue weighted by Gasteiger charge is -1.96. The molecule has 0 aliphatic heterocycles. The summed E-state index contributed by atoms with van der Waals surface area (Å²) >= 11 is 4.91. The van der Waals surface area contributed by atoms with E-state index in [1.54, 1.807) is 4.40 Å². The molecule has 2 aromatic heterocycles. The zero-order valence-electron chi connectivity index (χ0n) is 8.18. The van der Waals surface area contributed by atoms with Crippen LogP contribution in [-0.4, -0.2) is 9.38 Å². The van der Waals surface area contributed by atoms with Gasteiger partial charge in [0.25, 0.3) is 5.56 Å². The van der Waals surface area contributed by atoms with Crippen LogP contribution in [0.15, 0.2) is 35.3 Å². The molecule has 0 amide bonds. The first kappa shape index (κ1) is 9.99. The molecule has 0 saturated carbocycles. The van der Waals surface area contributed by atoms with Crippen LogP contribution in [0.2, 0.25) is 0 Å². The molecule has 5 heteroatoms. The third-order valence-corrected chi connectivity index (χ3v) is 4.36. The van der Waals surface area contributed by atoms with Crippen molar-refractivity contribution in [2.24, 2.45) is 0 Å². The van der Waals surface area contributed by atoms with Crippen molar-refractivity contribution in [3.8, 4) is 0 Å². The van der Waals surface area contributed by atoms with E-state index in [4.69, 9.17) is 0 Å². The molecule has 3 aromatic rings. The zero-order chi connectivity index (χ0) is 11.1. The Balaban J connectivity index is 2.53. The van der Waals surface area contributed by atoms with Crippen LogP contribution in [0.25, 0.3) is 15.9 Å². The number of alkyl halides is 1. The van der Waals surface area contributed by atoms with Crippen LogP contribution in [0.4, 0.5) is 0 Å². The molecule has 16 heavy (non-hydrogen) atoms. The van der Waals surface area contributed by atoms with Gasteiger partial charge >= 0.3 is 0 Å². The quantitative estimate of drug-likeness (QED) is 0.647. The lowest BCUT2D eigenvalue weighted by Crippen LogP contribution is -2.12. The molecule has 0 bridgehead atoms. The predicted molar refractivity (Wildman–Crippen MR) is 69.5 cm³/mol. The molecule has 0 saturated heterocycles. The Morgan fingerprint density at radius 1 is 1.38 bits per heavy atom. The van der Waals surface area contributed by atoms with E-state index in [0.29, 0.717) is 5.39 Å². The van der Waals surface area contributed by atoms with Gasteiger partial charge in [-0.3, -0.25) is 9.20 Å². The highest BCUT2D eigenvalue weighted by Crippen LogP contribution is 2.19. The second kappa shape index (κ2) is 3.68. The van der Waals surface area contributed by atoms with Gasteiger partial charge in [-0.25, -0.2) is 4.98 Å². The largest absolute Gasteiger partial charge is 0.268 e. The molecule has 3 nitrogen and oxygen atoms in total. The smallest absolute Gasteiger partial charge is 0.266 e. The van der Waals surface area contributed by atoms with E-state index < -0.39 is 0 Å². The molecule has 3 rings (SSSR count). The predicted octanol–water partition coefficient (Wildman–Crippen LogP) is 2.80. The number of hydrogen-bond donors (Lipinski definition) is 0. The summed E-state index contributed by atoms with van der Waals surface area (Å²) in [6, 6.07) is 7.42. The minimum atomic E-state index is 0.00375. The van der Waals surface area contributed by atoms with Crippen LogP contribution in [0.1, 0.15) is 4.88 Å². The second-order valence-electron chi connectivity index (χ2n) is 3.42. The molecule has 2 heterocycles. The number of fused-ring (bicyclic) bond motifs is 2. The van der Waals surface area contributed by atoms with Crippen LogP contribution in [0.3, 0.4) is 0 Å². The average Bonchev–Trinajstić information content (AvgIpc) is 2.73. The van der Waals surface area contributed by atoms with Crippen LogP contribution in [0.5, 0.6) is 0 Å². The number of halogens is 1. The summed E-state index contributed by atoms with van der Waals surface area (Å²) in [5.74, 6) is 0. The van der Waals surface area contributed by atoms with Crippen molar-refractivity contribution in [2.45, 2.75) is 5.33 Å². The molecule has 80 valence electrons. The number of rotatable bonds is 1. The van der Waals surface area contributed by atoms with Gasteiger partial charge in [-0.2, -0.15) is 0 Å². The monoisotopic (exact) mass is 294 g/mol. The fourth-order valence-electron chi connectivity index (χ4n) is 1.66. The van der Waals surface area contributed by atoms with E-state index in [-0.39, 0.29) is 5.56 Å². The van der Waals surface area contributed by atoms with Crippen molar-refractivity contribution in [3.05, 3.63) is 45.7 Å².